The van der Waals surface area contributed by atoms with Crippen LogP contribution in [0.25, 0.3) is 39.2 Å². The number of fused-ring (bicyclic) bond motifs is 2. The first-order chi connectivity index (χ1) is 35.3. The number of benzene rings is 5. The van der Waals surface area contributed by atoms with E-state index in [0.29, 0.717) is 78.9 Å². The molecular formula is C57H68N6O10Si. The first-order valence-corrected chi connectivity index (χ1v) is 27.8. The number of carboxylic acid groups (broad SMARTS) is 2. The highest BCUT2D eigenvalue weighted by Crippen LogP contribution is 2.42. The molecule has 74 heavy (non-hydrogen) atoms. The van der Waals surface area contributed by atoms with Crippen LogP contribution < -0.4 is 37.3 Å². The Morgan fingerprint density at radius 3 is 2.28 bits per heavy atom. The summed E-state index contributed by atoms with van der Waals surface area (Å²) in [7, 11) is -0.710. The van der Waals surface area contributed by atoms with E-state index < -0.39 is 32.4 Å². The minimum absolute atomic E-state index is 0.0129. The molecule has 2 aromatic heterocycles. The van der Waals surface area contributed by atoms with Crippen LogP contribution in [0, 0.1) is 0 Å². The average Bonchev–Trinajstić information content (AvgIpc) is 3.68. The Balaban J connectivity index is 0.000000645. The number of H-pyrrole nitrogens is 1. The molecule has 7 aromatic rings. The summed E-state index contributed by atoms with van der Waals surface area (Å²) in [6.45, 7) is 12.4. The zero-order chi connectivity index (χ0) is 53.2. The van der Waals surface area contributed by atoms with Crippen LogP contribution in [0.2, 0.25) is 18.1 Å². The predicted molar refractivity (Wildman–Crippen MR) is 294 cm³/mol. The lowest BCUT2D eigenvalue weighted by Crippen LogP contribution is -2.44. The number of amides is 2. The van der Waals surface area contributed by atoms with Gasteiger partial charge in [-0.1, -0.05) is 112 Å². The van der Waals surface area contributed by atoms with Crippen LogP contribution in [-0.2, 0) is 24.1 Å². The van der Waals surface area contributed by atoms with E-state index in [1.807, 2.05) is 109 Å². The Hall–Kier alpha value is -7.44. The van der Waals surface area contributed by atoms with Crippen molar-refractivity contribution in [3.63, 3.8) is 0 Å². The first-order valence-electron chi connectivity index (χ1n) is 24.9. The van der Waals surface area contributed by atoms with Gasteiger partial charge >= 0.3 is 17.9 Å². The van der Waals surface area contributed by atoms with Crippen molar-refractivity contribution in [2.75, 3.05) is 18.6 Å². The molecule has 1 atom stereocenters. The second kappa shape index (κ2) is 24.1. The molecule has 8 rings (SSSR count). The summed E-state index contributed by atoms with van der Waals surface area (Å²) in [4.78, 5) is 52.6. The van der Waals surface area contributed by atoms with E-state index in [0.717, 1.165) is 46.2 Å². The van der Waals surface area contributed by atoms with Gasteiger partial charge in [0.2, 0.25) is 5.56 Å². The Bertz CT molecular complexity index is 3190. The highest BCUT2D eigenvalue weighted by Gasteiger charge is 2.40. The van der Waals surface area contributed by atoms with Crippen molar-refractivity contribution in [3.8, 4) is 22.6 Å². The van der Waals surface area contributed by atoms with E-state index in [1.165, 1.54) is 11.0 Å². The molecule has 2 heterocycles. The van der Waals surface area contributed by atoms with Crippen molar-refractivity contribution >= 4 is 54.3 Å². The summed E-state index contributed by atoms with van der Waals surface area (Å²) in [5, 5.41) is 35.8. The topological polar surface area (TPSA) is 235 Å². The molecule has 390 valence electrons. The number of nitrogens with zero attached hydrogens (tertiary/aromatic N) is 2. The molecule has 0 spiro atoms. The number of phenols is 1. The number of phenolic OH excluding ortho intramolecular Hbond substituents is 1. The molecule has 0 saturated heterocycles. The van der Waals surface area contributed by atoms with Crippen molar-refractivity contribution in [1.29, 1.82) is 0 Å². The fourth-order valence-corrected chi connectivity index (χ4v) is 10.3. The third-order valence-electron chi connectivity index (χ3n) is 14.0. The molecular weight excluding hydrogens is 957 g/mol. The number of rotatable bonds is 17. The van der Waals surface area contributed by atoms with Gasteiger partial charge in [0.15, 0.2) is 13.9 Å². The van der Waals surface area contributed by atoms with Gasteiger partial charge < -0.3 is 50.3 Å². The number of pyridine rings is 1. The monoisotopic (exact) mass is 1020 g/mol. The third kappa shape index (κ3) is 13.4. The van der Waals surface area contributed by atoms with E-state index in [1.54, 1.807) is 23.8 Å². The number of hydrogen-bond acceptors (Lipinski definition) is 10. The quantitative estimate of drug-likeness (QED) is 0.0422. The summed E-state index contributed by atoms with van der Waals surface area (Å²) >= 11 is 0. The van der Waals surface area contributed by atoms with Crippen LogP contribution in [0.15, 0.2) is 135 Å². The van der Waals surface area contributed by atoms with E-state index >= 15 is 0 Å². The van der Waals surface area contributed by atoms with Gasteiger partial charge in [-0.25, -0.2) is 14.4 Å². The number of methoxy groups -OCH3 is 1. The highest BCUT2D eigenvalue weighted by molar-refractivity contribution is 6.74. The van der Waals surface area contributed by atoms with Crippen molar-refractivity contribution < 1.29 is 38.5 Å². The van der Waals surface area contributed by atoms with E-state index in [9.17, 15) is 29.4 Å². The van der Waals surface area contributed by atoms with Gasteiger partial charge in [-0.2, -0.15) is 0 Å². The molecule has 2 amide bonds. The van der Waals surface area contributed by atoms with Crippen LogP contribution in [0.5, 0.6) is 11.5 Å². The Morgan fingerprint density at radius 2 is 1.62 bits per heavy atom. The maximum Gasteiger partial charge on any atom is 0.419 e. The standard InChI is InChI=1S/C49H59N5O8Si.C8H9NO2/c1-49(2,3)63(5,6)62-44(37-21-23-41(55)46-38(37)22-24-45(56)52-46)30-51-29-33-27-43-40(28-42(33)60-4)53(48(59)61-43)25-11-10-12-31-15-20-36(32-13-8-7-9-14-32)39(26-31)54(47(57)58)35-18-16-34(50)17-19-35;10-8(11)9-6-7-4-2-1-3-5-7/h7-10,12-15,20-24,26-28,34-35,44,51,55H,11,16-19,25,29-30,50H2,1-6H3,(H,52,56)(H,57,58);1-5,9H,6H2,(H,10,11)/t34?,35?,44-;/m0./s1. The van der Waals surface area contributed by atoms with Crippen molar-refractivity contribution in [2.45, 2.75) is 109 Å². The number of carbonyl (C=O) groups is 2. The largest absolute Gasteiger partial charge is 0.506 e. The maximum absolute atomic E-state index is 13.3. The van der Waals surface area contributed by atoms with Crippen LogP contribution in [-0.4, -0.2) is 71.1 Å². The number of aryl methyl sites for hydroxylation is 1. The van der Waals surface area contributed by atoms with Crippen LogP contribution in [0.4, 0.5) is 15.3 Å². The molecule has 1 fully saturated rings. The number of aromatic amines is 1. The summed E-state index contributed by atoms with van der Waals surface area (Å²) in [6.07, 6.45) is 5.00. The van der Waals surface area contributed by atoms with Gasteiger partial charge in [0.05, 0.1) is 29.9 Å². The number of nitrogens with one attached hydrogen (secondary N) is 3. The van der Waals surface area contributed by atoms with E-state index in [4.69, 9.17) is 24.4 Å². The normalized spacial score (nSPS) is 15.4. The first kappa shape index (κ1) is 54.3. The molecule has 1 saturated carbocycles. The second-order valence-corrected chi connectivity index (χ2v) is 24.9. The Kier molecular flexibility index (Phi) is 17.7. The van der Waals surface area contributed by atoms with Crippen LogP contribution in [0.1, 0.15) is 81.2 Å². The Morgan fingerprint density at radius 1 is 0.919 bits per heavy atom. The fourth-order valence-electron chi connectivity index (χ4n) is 9.02. The number of ether oxygens (including phenoxy) is 1. The third-order valence-corrected chi connectivity index (χ3v) is 18.5. The number of anilines is 1. The summed E-state index contributed by atoms with van der Waals surface area (Å²) in [5.41, 5.74) is 13.1. The van der Waals surface area contributed by atoms with Crippen LogP contribution in [0.3, 0.4) is 0 Å². The lowest BCUT2D eigenvalue weighted by atomic mass is 9.89. The summed E-state index contributed by atoms with van der Waals surface area (Å²) in [6, 6.07) is 35.2. The molecule has 16 nitrogen and oxygen atoms in total. The second-order valence-electron chi connectivity index (χ2n) is 20.1. The zero-order valence-corrected chi connectivity index (χ0v) is 43.9. The molecule has 1 aliphatic carbocycles. The molecule has 17 heteroatoms. The smallest absolute Gasteiger partial charge is 0.419 e. The molecule has 5 aromatic carbocycles. The maximum atomic E-state index is 13.3. The highest BCUT2D eigenvalue weighted by atomic mass is 28.4. The number of hydrogen-bond donors (Lipinski definition) is 7. The summed E-state index contributed by atoms with van der Waals surface area (Å²) < 4.78 is 20.2. The van der Waals surface area contributed by atoms with Crippen molar-refractivity contribution in [2.24, 2.45) is 5.73 Å². The van der Waals surface area contributed by atoms with Gasteiger partial charge in [0.25, 0.3) is 0 Å². The molecule has 0 aliphatic heterocycles. The fraction of sp³-hybridized carbons (Fsp3) is 0.333. The summed E-state index contributed by atoms with van der Waals surface area (Å²) in [5.74, 6) is 0.0917. The van der Waals surface area contributed by atoms with Gasteiger partial charge in [0, 0.05) is 66.9 Å². The van der Waals surface area contributed by atoms with Gasteiger partial charge in [-0.3, -0.25) is 14.3 Å². The number of allylic oxidation sites excluding steroid dienone is 1. The number of aromatic hydroxyl groups is 1. The lowest BCUT2D eigenvalue weighted by molar-refractivity contribution is 0.181. The molecule has 1 aliphatic rings. The molecule has 8 N–H and O–H groups in total. The molecule has 0 radical (unpaired) electrons. The van der Waals surface area contributed by atoms with Crippen LogP contribution >= 0.6 is 0 Å². The van der Waals surface area contributed by atoms with Gasteiger partial charge in [-0.05, 0) is 96.8 Å². The van der Waals surface area contributed by atoms with Crippen molar-refractivity contribution in [1.82, 2.24) is 20.2 Å². The predicted octanol–water partition coefficient (Wildman–Crippen LogP) is 11.0. The number of nitrogens with two attached hydrogens (primary N) is 1. The Labute approximate surface area is 431 Å². The van der Waals surface area contributed by atoms with Crippen molar-refractivity contribution in [3.05, 3.63) is 164 Å². The lowest BCUT2D eigenvalue weighted by Gasteiger charge is -2.39. The average molecular weight is 1030 g/mol. The number of aromatic nitrogens is 2. The minimum Gasteiger partial charge on any atom is -0.506 e. The zero-order valence-electron chi connectivity index (χ0n) is 42.9. The van der Waals surface area contributed by atoms with E-state index in [2.05, 4.69) is 49.5 Å². The minimum atomic E-state index is -2.30. The van der Waals surface area contributed by atoms with Gasteiger partial charge in [0.1, 0.15) is 11.5 Å². The van der Waals surface area contributed by atoms with Gasteiger partial charge in [-0.15, -0.1) is 0 Å². The SMILES string of the molecule is COc1cc2c(cc1CNC[C@H](O[Si](C)(C)C(C)(C)C)c1ccc(O)c3[nH]c(=O)ccc13)oc(=O)n2CCC=Cc1ccc(-c2ccccc2)c(N(C(=O)O)C2CCC(N)CC2)c1.O=C(O)NCc1ccccc1. The number of oxazole rings is 1. The molecule has 0 bridgehead atoms. The van der Waals surface area contributed by atoms with E-state index in [-0.39, 0.29) is 28.4 Å². The molecule has 0 unspecified atom stereocenters.